The fraction of sp³-hybridized carbons (Fsp3) is 0.500. The first kappa shape index (κ1) is 9.88. The molecular formula is C14H16O2. The Morgan fingerprint density at radius 2 is 2.25 bits per heavy atom. The van der Waals surface area contributed by atoms with Crippen molar-refractivity contribution in [2.24, 2.45) is 0 Å². The van der Waals surface area contributed by atoms with E-state index < -0.39 is 0 Å². The summed E-state index contributed by atoms with van der Waals surface area (Å²) in [7, 11) is 0. The van der Waals surface area contributed by atoms with Crippen LogP contribution in [0.5, 0.6) is 5.75 Å². The molecule has 0 spiro atoms. The van der Waals surface area contributed by atoms with Gasteiger partial charge in [0.05, 0.1) is 0 Å². The maximum Gasteiger partial charge on any atom is 0.133 e. The van der Waals surface area contributed by atoms with Gasteiger partial charge in [0.2, 0.25) is 0 Å². The third-order valence-electron chi connectivity index (χ3n) is 3.95. The van der Waals surface area contributed by atoms with E-state index in [1.54, 1.807) is 0 Å². The van der Waals surface area contributed by atoms with Gasteiger partial charge in [-0.3, -0.25) is 4.79 Å². The van der Waals surface area contributed by atoms with Gasteiger partial charge in [-0.1, -0.05) is 17.7 Å². The van der Waals surface area contributed by atoms with E-state index in [9.17, 15) is 4.79 Å². The Labute approximate surface area is 95.6 Å². The first-order valence-corrected chi connectivity index (χ1v) is 5.90. The molecule has 3 rings (SSSR count). The summed E-state index contributed by atoms with van der Waals surface area (Å²) < 4.78 is 6.05. The number of fused-ring (bicyclic) bond motifs is 3. The summed E-state index contributed by atoms with van der Waals surface area (Å²) >= 11 is 0. The molecule has 2 heteroatoms. The standard InChI is InChI=1S/C14H16O2/c1-9-3-4-13-11(7-9)12-8-10(15)5-6-14(12,2)16-13/h3-4,7,12H,5-6,8H2,1-2H3. The van der Waals surface area contributed by atoms with E-state index in [4.69, 9.17) is 4.74 Å². The van der Waals surface area contributed by atoms with Crippen LogP contribution in [0.1, 0.15) is 43.2 Å². The SMILES string of the molecule is Cc1ccc2c(c1)C1CC(=O)CCC1(C)O2. The molecule has 1 aliphatic carbocycles. The molecule has 0 N–H and O–H groups in total. The molecule has 0 amide bonds. The molecule has 0 radical (unpaired) electrons. The van der Waals surface area contributed by atoms with Crippen molar-refractivity contribution in [2.45, 2.75) is 44.6 Å². The van der Waals surface area contributed by atoms with Crippen LogP contribution in [0.2, 0.25) is 0 Å². The second kappa shape index (κ2) is 3.09. The summed E-state index contributed by atoms with van der Waals surface area (Å²) in [6.07, 6.45) is 2.16. The van der Waals surface area contributed by atoms with Gasteiger partial charge in [0.1, 0.15) is 17.1 Å². The summed E-state index contributed by atoms with van der Waals surface area (Å²) in [6, 6.07) is 6.28. The van der Waals surface area contributed by atoms with E-state index >= 15 is 0 Å². The zero-order valence-corrected chi connectivity index (χ0v) is 9.75. The van der Waals surface area contributed by atoms with Gasteiger partial charge in [0, 0.05) is 24.3 Å². The van der Waals surface area contributed by atoms with E-state index in [1.165, 1.54) is 11.1 Å². The van der Waals surface area contributed by atoms with Crippen LogP contribution in [-0.2, 0) is 4.79 Å². The molecule has 0 saturated heterocycles. The van der Waals surface area contributed by atoms with Gasteiger partial charge in [-0.2, -0.15) is 0 Å². The fourth-order valence-corrected chi connectivity index (χ4v) is 2.95. The molecule has 1 aromatic carbocycles. The molecular weight excluding hydrogens is 200 g/mol. The number of carbonyl (C=O) groups is 1. The molecule has 1 aliphatic heterocycles. The van der Waals surface area contributed by atoms with Crippen LogP contribution in [0.25, 0.3) is 0 Å². The number of carbonyl (C=O) groups excluding carboxylic acids is 1. The number of benzene rings is 1. The first-order chi connectivity index (χ1) is 7.58. The van der Waals surface area contributed by atoms with Crippen molar-refractivity contribution in [2.75, 3.05) is 0 Å². The Morgan fingerprint density at radius 3 is 3.06 bits per heavy atom. The van der Waals surface area contributed by atoms with Gasteiger partial charge in [0.15, 0.2) is 0 Å². The molecule has 16 heavy (non-hydrogen) atoms. The first-order valence-electron chi connectivity index (χ1n) is 5.90. The highest BCUT2D eigenvalue weighted by Gasteiger charge is 2.48. The second-order valence-corrected chi connectivity index (χ2v) is 5.25. The van der Waals surface area contributed by atoms with Crippen molar-refractivity contribution in [3.8, 4) is 5.75 Å². The number of ketones is 1. The highest BCUT2D eigenvalue weighted by atomic mass is 16.5. The van der Waals surface area contributed by atoms with Crippen LogP contribution in [0.15, 0.2) is 18.2 Å². The number of Topliss-reactive ketones (excluding diaryl/α,β-unsaturated/α-hetero) is 1. The Bertz CT molecular complexity index is 464. The van der Waals surface area contributed by atoms with Crippen LogP contribution >= 0.6 is 0 Å². The zero-order valence-electron chi connectivity index (χ0n) is 9.75. The summed E-state index contributed by atoms with van der Waals surface area (Å²) in [6.45, 7) is 4.22. The Morgan fingerprint density at radius 1 is 1.44 bits per heavy atom. The summed E-state index contributed by atoms with van der Waals surface area (Å²) in [5.74, 6) is 1.62. The van der Waals surface area contributed by atoms with Crippen molar-refractivity contribution >= 4 is 5.78 Å². The molecule has 0 bridgehead atoms. The van der Waals surface area contributed by atoms with Crippen LogP contribution in [0.4, 0.5) is 0 Å². The highest BCUT2D eigenvalue weighted by Crippen LogP contribution is 2.51. The molecule has 1 aromatic rings. The maximum atomic E-state index is 11.6. The van der Waals surface area contributed by atoms with Gasteiger partial charge in [-0.05, 0) is 26.3 Å². The normalized spacial score (nSPS) is 31.9. The highest BCUT2D eigenvalue weighted by molar-refractivity contribution is 5.81. The van der Waals surface area contributed by atoms with Gasteiger partial charge < -0.3 is 4.74 Å². The van der Waals surface area contributed by atoms with Crippen molar-refractivity contribution in [3.05, 3.63) is 29.3 Å². The van der Waals surface area contributed by atoms with E-state index in [2.05, 4.69) is 26.0 Å². The molecule has 0 aromatic heterocycles. The number of hydrogen-bond donors (Lipinski definition) is 0. The number of ether oxygens (including phenoxy) is 1. The third-order valence-corrected chi connectivity index (χ3v) is 3.95. The van der Waals surface area contributed by atoms with Gasteiger partial charge >= 0.3 is 0 Å². The number of hydrogen-bond acceptors (Lipinski definition) is 2. The monoisotopic (exact) mass is 216 g/mol. The van der Waals surface area contributed by atoms with Crippen LogP contribution in [-0.4, -0.2) is 11.4 Å². The van der Waals surface area contributed by atoms with Crippen molar-refractivity contribution in [3.63, 3.8) is 0 Å². The minimum Gasteiger partial charge on any atom is -0.487 e. The topological polar surface area (TPSA) is 26.3 Å². The average Bonchev–Trinajstić information content (AvgIpc) is 2.52. The van der Waals surface area contributed by atoms with Crippen LogP contribution in [0, 0.1) is 6.92 Å². The second-order valence-electron chi connectivity index (χ2n) is 5.25. The molecule has 2 unspecified atom stereocenters. The third kappa shape index (κ3) is 1.29. The Balaban J connectivity index is 2.08. The minimum absolute atomic E-state index is 0.149. The number of aryl methyl sites for hydroxylation is 1. The molecule has 84 valence electrons. The van der Waals surface area contributed by atoms with Crippen LogP contribution < -0.4 is 4.74 Å². The van der Waals surface area contributed by atoms with E-state index in [1.807, 2.05) is 6.07 Å². The smallest absolute Gasteiger partial charge is 0.133 e. The quantitative estimate of drug-likeness (QED) is 0.666. The molecule has 1 fully saturated rings. The molecule has 1 heterocycles. The van der Waals surface area contributed by atoms with E-state index in [0.29, 0.717) is 18.6 Å². The fourth-order valence-electron chi connectivity index (χ4n) is 2.95. The van der Waals surface area contributed by atoms with E-state index in [-0.39, 0.29) is 11.5 Å². The average molecular weight is 216 g/mol. The zero-order chi connectivity index (χ0) is 11.3. The molecule has 2 atom stereocenters. The largest absolute Gasteiger partial charge is 0.487 e. The molecule has 2 aliphatic rings. The lowest BCUT2D eigenvalue weighted by Crippen LogP contribution is -2.39. The van der Waals surface area contributed by atoms with Crippen molar-refractivity contribution in [1.82, 2.24) is 0 Å². The van der Waals surface area contributed by atoms with E-state index in [0.717, 1.165) is 12.2 Å². The Hall–Kier alpha value is -1.31. The number of rotatable bonds is 0. The maximum absolute atomic E-state index is 11.6. The lowest BCUT2D eigenvalue weighted by molar-refractivity contribution is -0.124. The lowest BCUT2D eigenvalue weighted by atomic mass is 9.74. The summed E-state index contributed by atoms with van der Waals surface area (Å²) in [5, 5.41) is 0. The van der Waals surface area contributed by atoms with Crippen molar-refractivity contribution < 1.29 is 9.53 Å². The summed E-state index contributed by atoms with van der Waals surface area (Å²) in [5.41, 5.74) is 2.32. The van der Waals surface area contributed by atoms with Crippen LogP contribution in [0.3, 0.4) is 0 Å². The molecule has 2 nitrogen and oxygen atoms in total. The minimum atomic E-state index is -0.149. The lowest BCUT2D eigenvalue weighted by Gasteiger charge is -2.34. The van der Waals surface area contributed by atoms with Gasteiger partial charge in [0.25, 0.3) is 0 Å². The van der Waals surface area contributed by atoms with Crippen molar-refractivity contribution in [1.29, 1.82) is 0 Å². The Kier molecular flexibility index (Phi) is 1.91. The van der Waals surface area contributed by atoms with Gasteiger partial charge in [-0.25, -0.2) is 0 Å². The van der Waals surface area contributed by atoms with Gasteiger partial charge in [-0.15, -0.1) is 0 Å². The predicted molar refractivity (Wildman–Crippen MR) is 61.8 cm³/mol. The summed E-state index contributed by atoms with van der Waals surface area (Å²) in [4.78, 5) is 11.6. The molecule has 1 saturated carbocycles. The predicted octanol–water partition coefficient (Wildman–Crippen LogP) is 2.98.